The van der Waals surface area contributed by atoms with Crippen LogP contribution in [-0.4, -0.2) is 51.2 Å². The summed E-state index contributed by atoms with van der Waals surface area (Å²) in [5, 5.41) is 15.8. The summed E-state index contributed by atoms with van der Waals surface area (Å²) >= 11 is 0. The second kappa shape index (κ2) is 13.1. The van der Waals surface area contributed by atoms with E-state index in [-0.39, 0.29) is 17.5 Å². The van der Waals surface area contributed by atoms with Crippen LogP contribution in [0.25, 0.3) is 27.6 Å². The van der Waals surface area contributed by atoms with E-state index in [2.05, 4.69) is 83.0 Å². The maximum absolute atomic E-state index is 13.4. The molecule has 6 rings (SSSR count). The summed E-state index contributed by atoms with van der Waals surface area (Å²) in [6.07, 6.45) is 4.68. The minimum Gasteiger partial charge on any atom is -0.355 e. The highest BCUT2D eigenvalue weighted by molar-refractivity contribution is 6.09. The van der Waals surface area contributed by atoms with Crippen molar-refractivity contribution in [3.8, 4) is 16.8 Å². The highest BCUT2D eigenvalue weighted by Gasteiger charge is 2.22. The number of fused-ring (bicyclic) bond motifs is 1. The molecule has 1 saturated heterocycles. The van der Waals surface area contributed by atoms with Crippen LogP contribution in [0.3, 0.4) is 0 Å². The zero-order valence-electron chi connectivity index (χ0n) is 26.9. The zero-order chi connectivity index (χ0) is 32.3. The first kappa shape index (κ1) is 31.0. The Balaban J connectivity index is 1.21. The van der Waals surface area contributed by atoms with Crippen molar-refractivity contribution < 1.29 is 9.59 Å². The third kappa shape index (κ3) is 6.94. The number of pyridine rings is 1. The van der Waals surface area contributed by atoms with Gasteiger partial charge in [0.1, 0.15) is 5.82 Å². The molecule has 5 aromatic rings. The fourth-order valence-electron chi connectivity index (χ4n) is 6.03. The fourth-order valence-corrected chi connectivity index (χ4v) is 6.03. The van der Waals surface area contributed by atoms with Gasteiger partial charge in [-0.1, -0.05) is 75.4 Å². The van der Waals surface area contributed by atoms with Gasteiger partial charge in [0.25, 0.3) is 0 Å². The van der Waals surface area contributed by atoms with E-state index < -0.39 is 0 Å². The lowest BCUT2D eigenvalue weighted by Gasteiger charge is -2.32. The summed E-state index contributed by atoms with van der Waals surface area (Å²) in [6, 6.07) is 26.5. The van der Waals surface area contributed by atoms with Gasteiger partial charge in [0, 0.05) is 41.7 Å². The summed E-state index contributed by atoms with van der Waals surface area (Å²) in [5.74, 6) is 0.564. The van der Waals surface area contributed by atoms with Crippen molar-refractivity contribution in [2.45, 2.75) is 58.5 Å². The van der Waals surface area contributed by atoms with E-state index in [1.54, 1.807) is 10.9 Å². The number of aryl methyl sites for hydroxylation is 1. The number of urea groups is 1. The summed E-state index contributed by atoms with van der Waals surface area (Å²) in [5.41, 5.74) is 6.51. The lowest BCUT2D eigenvalue weighted by molar-refractivity contribution is -0.110. The number of nitrogens with one attached hydrogen (secondary N) is 3. The number of hydrogen-bond donors (Lipinski definition) is 3. The van der Waals surface area contributed by atoms with Crippen LogP contribution < -0.4 is 16.0 Å². The van der Waals surface area contributed by atoms with Crippen LogP contribution in [0.4, 0.5) is 16.3 Å². The number of anilines is 2. The molecule has 0 aliphatic carbocycles. The van der Waals surface area contributed by atoms with Gasteiger partial charge in [-0.15, -0.1) is 0 Å². The first-order valence-electron chi connectivity index (χ1n) is 15.8. The Labute approximate surface area is 270 Å². The number of likely N-dealkylation sites (tertiary alicyclic amines) is 1. The lowest BCUT2D eigenvalue weighted by atomic mass is 9.92. The van der Waals surface area contributed by atoms with Gasteiger partial charge in [-0.3, -0.25) is 20.0 Å². The van der Waals surface area contributed by atoms with Crippen LogP contribution in [0.15, 0.2) is 85.1 Å². The van der Waals surface area contributed by atoms with Crippen molar-refractivity contribution in [2.75, 3.05) is 23.7 Å². The molecule has 3 N–H and O–H groups in total. The van der Waals surface area contributed by atoms with Gasteiger partial charge in [-0.2, -0.15) is 5.10 Å². The summed E-state index contributed by atoms with van der Waals surface area (Å²) < 4.78 is 1.73. The van der Waals surface area contributed by atoms with Gasteiger partial charge < -0.3 is 10.6 Å². The number of benzene rings is 3. The predicted octanol–water partition coefficient (Wildman–Crippen LogP) is 7.05. The topological polar surface area (TPSA) is 104 Å². The molecule has 9 heteroatoms. The van der Waals surface area contributed by atoms with Crippen molar-refractivity contribution in [1.29, 1.82) is 0 Å². The number of hydrogen-bond acceptors (Lipinski definition) is 5. The molecule has 1 atom stereocenters. The third-order valence-electron chi connectivity index (χ3n) is 8.51. The van der Waals surface area contributed by atoms with Crippen molar-refractivity contribution >= 4 is 34.7 Å². The SMILES string of the molecule is Cc1ccc(-n2nc(C(C)(C)C)cc2NC(=O)Nc2ccc(-c3ccc(CN4CCCC(NC=O)C4)cc3)c3ccccc23)cn1. The Morgan fingerprint density at radius 2 is 1.76 bits per heavy atom. The minimum absolute atomic E-state index is 0.203. The molecule has 1 unspecified atom stereocenters. The quantitative estimate of drug-likeness (QED) is 0.162. The third-order valence-corrected chi connectivity index (χ3v) is 8.51. The molecule has 9 nitrogen and oxygen atoms in total. The zero-order valence-corrected chi connectivity index (χ0v) is 26.9. The molecule has 1 aliphatic rings. The van der Waals surface area contributed by atoms with Crippen molar-refractivity contribution in [3.05, 3.63) is 102 Å². The smallest absolute Gasteiger partial charge is 0.324 e. The van der Waals surface area contributed by atoms with Crippen molar-refractivity contribution in [3.63, 3.8) is 0 Å². The van der Waals surface area contributed by atoms with E-state index in [0.29, 0.717) is 5.82 Å². The molecule has 0 saturated carbocycles. The van der Waals surface area contributed by atoms with Crippen molar-refractivity contribution in [2.24, 2.45) is 0 Å². The van der Waals surface area contributed by atoms with Gasteiger partial charge >= 0.3 is 6.03 Å². The largest absolute Gasteiger partial charge is 0.355 e. The Bertz CT molecular complexity index is 1840. The number of piperidine rings is 1. The number of carbonyl (C=O) groups is 2. The van der Waals surface area contributed by atoms with E-state index >= 15 is 0 Å². The molecule has 1 aliphatic heterocycles. The monoisotopic (exact) mass is 615 g/mol. The average molecular weight is 616 g/mol. The normalized spacial score (nSPS) is 15.4. The molecule has 46 heavy (non-hydrogen) atoms. The molecule has 1 fully saturated rings. The average Bonchev–Trinajstić information content (AvgIpc) is 3.47. The second-order valence-corrected chi connectivity index (χ2v) is 13.1. The molecule has 236 valence electrons. The number of aromatic nitrogens is 3. The van der Waals surface area contributed by atoms with Crippen LogP contribution in [-0.2, 0) is 16.8 Å². The van der Waals surface area contributed by atoms with Gasteiger partial charge in [0.05, 0.1) is 23.3 Å². The Morgan fingerprint density at radius 1 is 0.978 bits per heavy atom. The Morgan fingerprint density at radius 3 is 2.48 bits per heavy atom. The summed E-state index contributed by atoms with van der Waals surface area (Å²) in [7, 11) is 0. The van der Waals surface area contributed by atoms with Gasteiger partial charge in [0.15, 0.2) is 0 Å². The molecule has 0 bridgehead atoms. The van der Waals surface area contributed by atoms with Gasteiger partial charge in [-0.25, -0.2) is 9.48 Å². The first-order valence-corrected chi connectivity index (χ1v) is 15.8. The summed E-state index contributed by atoms with van der Waals surface area (Å²) in [6.45, 7) is 11.0. The lowest BCUT2D eigenvalue weighted by Crippen LogP contribution is -2.44. The van der Waals surface area contributed by atoms with Crippen LogP contribution >= 0.6 is 0 Å². The van der Waals surface area contributed by atoms with Gasteiger partial charge in [-0.05, 0) is 66.6 Å². The molecular formula is C37H41N7O2. The van der Waals surface area contributed by atoms with E-state index in [1.807, 2.05) is 49.4 Å². The molecule has 3 aromatic carbocycles. The predicted molar refractivity (Wildman–Crippen MR) is 184 cm³/mol. The molecular weight excluding hydrogens is 574 g/mol. The number of nitrogens with zero attached hydrogens (tertiary/aromatic N) is 4. The minimum atomic E-state index is -0.354. The maximum atomic E-state index is 13.4. The van der Waals surface area contributed by atoms with Crippen LogP contribution in [0, 0.1) is 6.92 Å². The molecule has 2 aromatic heterocycles. The standard InChI is InChI=1S/C37H41N7O2/c1-25-11-16-29(21-38-25)44-35(20-34(42-44)37(2,3)4)41-36(46)40-33-18-17-30(31-9-5-6-10-32(31)33)27-14-12-26(13-15-27)22-43-19-7-8-28(23-43)39-24-45/h5-6,9-18,20-21,24,28H,7-8,19,22-23H2,1-4H3,(H,39,45)(H2,40,41,46). The first-order chi connectivity index (χ1) is 22.2. The van der Waals surface area contributed by atoms with Crippen LogP contribution in [0.2, 0.25) is 0 Å². The second-order valence-electron chi connectivity index (χ2n) is 13.1. The molecule has 3 heterocycles. The number of amides is 3. The Kier molecular flexibility index (Phi) is 8.85. The van der Waals surface area contributed by atoms with E-state index in [1.165, 1.54) is 5.56 Å². The van der Waals surface area contributed by atoms with E-state index in [4.69, 9.17) is 5.10 Å². The van der Waals surface area contributed by atoms with Crippen LogP contribution in [0.1, 0.15) is 50.6 Å². The highest BCUT2D eigenvalue weighted by atomic mass is 16.2. The molecule has 0 spiro atoms. The maximum Gasteiger partial charge on any atom is 0.324 e. The van der Waals surface area contributed by atoms with Crippen molar-refractivity contribution in [1.82, 2.24) is 25.0 Å². The molecule has 0 radical (unpaired) electrons. The van der Waals surface area contributed by atoms with Gasteiger partial charge in [0.2, 0.25) is 6.41 Å². The van der Waals surface area contributed by atoms with E-state index in [9.17, 15) is 9.59 Å². The number of rotatable bonds is 8. The highest BCUT2D eigenvalue weighted by Crippen LogP contribution is 2.34. The summed E-state index contributed by atoms with van der Waals surface area (Å²) in [4.78, 5) is 31.1. The molecule has 3 amide bonds. The van der Waals surface area contributed by atoms with Crippen LogP contribution in [0.5, 0.6) is 0 Å². The fraction of sp³-hybridized carbons (Fsp3) is 0.297. The van der Waals surface area contributed by atoms with E-state index in [0.717, 1.165) is 83.5 Å². The number of carbonyl (C=O) groups excluding carboxylic acids is 2. The Hall–Kier alpha value is -5.02.